The fourth-order valence-corrected chi connectivity index (χ4v) is 3.12. The smallest absolute Gasteiger partial charge is 0.309 e. The maximum absolute atomic E-state index is 12.0. The van der Waals surface area contributed by atoms with Gasteiger partial charge in [-0.1, -0.05) is 0 Å². The van der Waals surface area contributed by atoms with Gasteiger partial charge in [-0.2, -0.15) is 0 Å². The van der Waals surface area contributed by atoms with E-state index >= 15 is 0 Å². The van der Waals surface area contributed by atoms with E-state index < -0.39 is 11.8 Å². The molecule has 2 aliphatic rings. The van der Waals surface area contributed by atoms with Gasteiger partial charge in [0.2, 0.25) is 0 Å². The fourth-order valence-electron chi connectivity index (χ4n) is 3.12. The molecule has 1 saturated carbocycles. The number of hydrogen-bond donors (Lipinski definition) is 2. The summed E-state index contributed by atoms with van der Waals surface area (Å²) < 4.78 is 2.08. The van der Waals surface area contributed by atoms with Gasteiger partial charge in [0, 0.05) is 57.7 Å². The van der Waals surface area contributed by atoms with Crippen molar-refractivity contribution in [3.8, 4) is 0 Å². The standard InChI is InChI=1S/C17H27N5O2/c1-20-8-10-22(11-9-20)15(14-4-3-7-21(14)2)12-18-16(23)17(24)19-13-5-6-13/h3-4,7,13,15H,5-6,8-12H2,1-2H3,(H,18,23)(H,19,24)/t15-/m1/s1. The lowest BCUT2D eigenvalue weighted by Crippen LogP contribution is -2.50. The Morgan fingerprint density at radius 1 is 1.17 bits per heavy atom. The quantitative estimate of drug-likeness (QED) is 0.727. The monoisotopic (exact) mass is 333 g/mol. The molecule has 1 aromatic rings. The summed E-state index contributed by atoms with van der Waals surface area (Å²) in [4.78, 5) is 28.6. The van der Waals surface area contributed by atoms with Gasteiger partial charge in [-0.25, -0.2) is 0 Å². The van der Waals surface area contributed by atoms with Crippen LogP contribution < -0.4 is 10.6 Å². The first-order valence-electron chi connectivity index (χ1n) is 8.67. The molecule has 0 unspecified atom stereocenters. The number of carbonyl (C=O) groups excluding carboxylic acids is 2. The number of aromatic nitrogens is 1. The molecule has 1 aliphatic heterocycles. The van der Waals surface area contributed by atoms with E-state index in [1.54, 1.807) is 0 Å². The zero-order valence-electron chi connectivity index (χ0n) is 14.5. The number of carbonyl (C=O) groups is 2. The van der Waals surface area contributed by atoms with Crippen LogP contribution in [0.1, 0.15) is 24.6 Å². The van der Waals surface area contributed by atoms with Gasteiger partial charge in [0.1, 0.15) is 0 Å². The van der Waals surface area contributed by atoms with Crippen LogP contribution in [-0.2, 0) is 16.6 Å². The van der Waals surface area contributed by atoms with E-state index in [0.717, 1.165) is 44.7 Å². The molecule has 0 radical (unpaired) electrons. The van der Waals surface area contributed by atoms with Crippen molar-refractivity contribution in [2.45, 2.75) is 24.9 Å². The molecule has 0 aromatic carbocycles. The molecule has 2 heterocycles. The van der Waals surface area contributed by atoms with E-state index in [9.17, 15) is 9.59 Å². The normalized spacial score (nSPS) is 20.6. The molecule has 7 nitrogen and oxygen atoms in total. The molecule has 0 bridgehead atoms. The molecule has 2 fully saturated rings. The van der Waals surface area contributed by atoms with Crippen molar-refractivity contribution in [3.63, 3.8) is 0 Å². The van der Waals surface area contributed by atoms with Crippen molar-refractivity contribution in [1.29, 1.82) is 0 Å². The first kappa shape index (κ1) is 17.0. The van der Waals surface area contributed by atoms with Crippen molar-refractivity contribution < 1.29 is 9.59 Å². The maximum atomic E-state index is 12.0. The largest absolute Gasteiger partial charge is 0.353 e. The molecule has 1 atom stereocenters. The molecular weight excluding hydrogens is 306 g/mol. The van der Waals surface area contributed by atoms with Crippen LogP contribution >= 0.6 is 0 Å². The summed E-state index contributed by atoms with van der Waals surface area (Å²) in [5.41, 5.74) is 1.16. The Balaban J connectivity index is 1.62. The van der Waals surface area contributed by atoms with Gasteiger partial charge >= 0.3 is 11.8 Å². The Kier molecular flexibility index (Phi) is 5.20. The first-order chi connectivity index (χ1) is 11.5. The van der Waals surface area contributed by atoms with Crippen LogP contribution in [0.4, 0.5) is 0 Å². The van der Waals surface area contributed by atoms with Gasteiger partial charge in [-0.05, 0) is 32.0 Å². The Morgan fingerprint density at radius 3 is 2.46 bits per heavy atom. The highest BCUT2D eigenvalue weighted by Crippen LogP contribution is 2.22. The maximum Gasteiger partial charge on any atom is 0.309 e. The number of amides is 2. The average Bonchev–Trinajstić information content (AvgIpc) is 3.28. The second kappa shape index (κ2) is 7.36. The summed E-state index contributed by atoms with van der Waals surface area (Å²) in [6.45, 7) is 4.37. The van der Waals surface area contributed by atoms with Crippen LogP contribution in [0.15, 0.2) is 18.3 Å². The molecule has 7 heteroatoms. The minimum Gasteiger partial charge on any atom is -0.353 e. The van der Waals surface area contributed by atoms with Crippen LogP contribution in [0.3, 0.4) is 0 Å². The lowest BCUT2D eigenvalue weighted by molar-refractivity contribution is -0.139. The van der Waals surface area contributed by atoms with Gasteiger partial charge in [-0.15, -0.1) is 0 Å². The second-order valence-corrected chi connectivity index (χ2v) is 6.86. The van der Waals surface area contributed by atoms with E-state index in [-0.39, 0.29) is 12.1 Å². The molecule has 2 N–H and O–H groups in total. The van der Waals surface area contributed by atoms with Gasteiger partial charge in [0.15, 0.2) is 0 Å². The number of rotatable bonds is 5. The van der Waals surface area contributed by atoms with E-state index in [2.05, 4.69) is 38.1 Å². The molecular formula is C17H27N5O2. The number of aryl methyl sites for hydroxylation is 1. The third kappa shape index (κ3) is 4.15. The summed E-state index contributed by atoms with van der Waals surface area (Å²) in [7, 11) is 4.14. The molecule has 24 heavy (non-hydrogen) atoms. The summed E-state index contributed by atoms with van der Waals surface area (Å²) in [5, 5.41) is 5.55. The van der Waals surface area contributed by atoms with Crippen molar-refractivity contribution in [1.82, 2.24) is 25.0 Å². The van der Waals surface area contributed by atoms with Crippen LogP contribution in [0.25, 0.3) is 0 Å². The Bertz CT molecular complexity index is 588. The Labute approximate surface area is 143 Å². The third-order valence-corrected chi connectivity index (χ3v) is 4.88. The van der Waals surface area contributed by atoms with Crippen LogP contribution in [0, 0.1) is 0 Å². The molecule has 132 valence electrons. The van der Waals surface area contributed by atoms with E-state index in [4.69, 9.17) is 0 Å². The summed E-state index contributed by atoms with van der Waals surface area (Å²) in [6.07, 6.45) is 3.97. The topological polar surface area (TPSA) is 69.6 Å². The lowest BCUT2D eigenvalue weighted by atomic mass is 10.1. The molecule has 2 amide bonds. The highest BCUT2D eigenvalue weighted by Gasteiger charge is 2.29. The highest BCUT2D eigenvalue weighted by molar-refractivity contribution is 6.35. The van der Waals surface area contributed by atoms with Crippen LogP contribution in [0.2, 0.25) is 0 Å². The minimum atomic E-state index is -0.532. The predicted octanol–water partition coefficient (Wildman–Crippen LogP) is -0.292. The number of piperazine rings is 1. The predicted molar refractivity (Wildman–Crippen MR) is 91.4 cm³/mol. The number of nitrogens with one attached hydrogen (secondary N) is 2. The SMILES string of the molecule is CN1CCN([C@H](CNC(=O)C(=O)NC2CC2)c2cccn2C)CC1. The van der Waals surface area contributed by atoms with Crippen molar-refractivity contribution in [2.24, 2.45) is 7.05 Å². The summed E-state index contributed by atoms with van der Waals surface area (Å²) >= 11 is 0. The number of likely N-dealkylation sites (N-methyl/N-ethyl adjacent to an activating group) is 1. The van der Waals surface area contributed by atoms with Crippen molar-refractivity contribution in [2.75, 3.05) is 39.8 Å². The van der Waals surface area contributed by atoms with Crippen LogP contribution in [0.5, 0.6) is 0 Å². The molecule has 0 spiro atoms. The molecule has 1 aromatic heterocycles. The summed E-state index contributed by atoms with van der Waals surface area (Å²) in [6, 6.07) is 4.38. The zero-order chi connectivity index (χ0) is 17.1. The Hall–Kier alpha value is -1.86. The third-order valence-electron chi connectivity index (χ3n) is 4.88. The van der Waals surface area contributed by atoms with Gasteiger partial charge in [0.25, 0.3) is 0 Å². The first-order valence-corrected chi connectivity index (χ1v) is 8.67. The fraction of sp³-hybridized carbons (Fsp3) is 0.647. The average molecular weight is 333 g/mol. The van der Waals surface area contributed by atoms with Crippen LogP contribution in [-0.4, -0.2) is 72.0 Å². The van der Waals surface area contributed by atoms with E-state index in [1.165, 1.54) is 0 Å². The van der Waals surface area contributed by atoms with E-state index in [1.807, 2.05) is 19.3 Å². The van der Waals surface area contributed by atoms with Gasteiger partial charge < -0.3 is 20.1 Å². The minimum absolute atomic E-state index is 0.0800. The number of hydrogen-bond acceptors (Lipinski definition) is 4. The Morgan fingerprint density at radius 2 is 1.88 bits per heavy atom. The number of nitrogens with zero attached hydrogens (tertiary/aromatic N) is 3. The lowest BCUT2D eigenvalue weighted by Gasteiger charge is -2.38. The van der Waals surface area contributed by atoms with Gasteiger partial charge in [-0.3, -0.25) is 14.5 Å². The molecule has 3 rings (SSSR count). The van der Waals surface area contributed by atoms with E-state index in [0.29, 0.717) is 6.54 Å². The molecule has 1 aliphatic carbocycles. The van der Waals surface area contributed by atoms with Crippen molar-refractivity contribution in [3.05, 3.63) is 24.0 Å². The zero-order valence-corrected chi connectivity index (χ0v) is 14.5. The van der Waals surface area contributed by atoms with Gasteiger partial charge in [0.05, 0.1) is 6.04 Å². The highest BCUT2D eigenvalue weighted by atomic mass is 16.2. The summed E-state index contributed by atoms with van der Waals surface area (Å²) in [5.74, 6) is -1.04. The molecule has 1 saturated heterocycles. The second-order valence-electron chi connectivity index (χ2n) is 6.86. The van der Waals surface area contributed by atoms with Crippen molar-refractivity contribution >= 4 is 11.8 Å².